The summed E-state index contributed by atoms with van der Waals surface area (Å²) >= 11 is 11.6. The number of aromatic nitrogens is 16. The van der Waals surface area contributed by atoms with Crippen LogP contribution in [0.5, 0.6) is 11.5 Å². The van der Waals surface area contributed by atoms with E-state index in [9.17, 15) is 58.8 Å². The Morgan fingerprint density at radius 1 is 0.308 bits per heavy atom. The van der Waals surface area contributed by atoms with Crippen LogP contribution in [0.25, 0.3) is 0 Å². The van der Waals surface area contributed by atoms with Crippen molar-refractivity contribution in [3.05, 3.63) is 243 Å². The zero-order valence-electron chi connectivity index (χ0n) is 77.4. The zero-order chi connectivity index (χ0) is 102. The number of rotatable bonds is 49. The molecule has 756 valence electrons. The lowest BCUT2D eigenvalue weighted by Crippen LogP contribution is -2.34. The molecule has 0 aliphatic carbocycles. The minimum Gasteiger partial charge on any atom is -0.492 e. The first-order valence-electron chi connectivity index (χ1n) is 44.0. The molecule has 13 N–H and O–H groups in total. The van der Waals surface area contributed by atoms with Crippen molar-refractivity contribution in [2.45, 2.75) is 116 Å². The summed E-state index contributed by atoms with van der Waals surface area (Å²) in [7, 11) is -10.1. The van der Waals surface area contributed by atoms with E-state index in [4.69, 9.17) is 31.4 Å². The van der Waals surface area contributed by atoms with E-state index in [1.54, 1.807) is 69.3 Å². The van der Waals surface area contributed by atoms with Gasteiger partial charge in [0.25, 0.3) is 0 Å². The van der Waals surface area contributed by atoms with Gasteiger partial charge in [0.15, 0.2) is 29.5 Å². The number of amides is 7. The molecule has 8 heterocycles. The summed E-state index contributed by atoms with van der Waals surface area (Å²) in [4.78, 5) is 85.1. The summed E-state index contributed by atoms with van der Waals surface area (Å²) in [6.45, 7) is 6.72. The average molecular weight is 2180 g/mol. The van der Waals surface area contributed by atoms with Gasteiger partial charge in [0.1, 0.15) is 70.4 Å². The summed E-state index contributed by atoms with van der Waals surface area (Å²) in [6, 6.07) is 51.7. The summed E-state index contributed by atoms with van der Waals surface area (Å²) in [5, 5.41) is 90.1. The summed E-state index contributed by atoms with van der Waals surface area (Å²) in [5.74, 6) is 1.32. The molecule has 14 aromatic rings. The Bertz CT molecular complexity index is 6750. The monoisotopic (exact) mass is 2170 g/mol. The number of thioether (sulfide) groups is 1. The largest absolute Gasteiger partial charge is 0.492 e. The lowest BCUT2D eigenvalue weighted by atomic mass is 10.1. The predicted molar refractivity (Wildman–Crippen MR) is 558 cm³/mol. The topological polar surface area (TPSA) is 618 Å². The van der Waals surface area contributed by atoms with Crippen LogP contribution in [-0.4, -0.2) is 226 Å². The van der Waals surface area contributed by atoms with Crippen LogP contribution >= 0.6 is 102 Å². The fourth-order valence-electron chi connectivity index (χ4n) is 12.0. The van der Waals surface area contributed by atoms with Gasteiger partial charge < -0.3 is 68.6 Å². The number of ether oxygens (including phenoxy) is 3. The number of sulfone groups is 3. The second-order valence-corrected chi connectivity index (χ2v) is 48.3. The van der Waals surface area contributed by atoms with Gasteiger partial charge in [-0.25, -0.2) is 30.0 Å². The molecule has 143 heavy (non-hydrogen) atoms. The highest BCUT2D eigenvalue weighted by molar-refractivity contribution is 7.99. The van der Waals surface area contributed by atoms with E-state index in [1.165, 1.54) is 45.3 Å². The van der Waals surface area contributed by atoms with E-state index in [-0.39, 0.29) is 159 Å². The maximum atomic E-state index is 12.7. The first-order chi connectivity index (χ1) is 68.7. The molecule has 0 unspecified atom stereocenters. The van der Waals surface area contributed by atoms with Gasteiger partial charge in [0, 0.05) is 57.9 Å². The van der Waals surface area contributed by atoms with Gasteiger partial charge in [-0.15, -0.1) is 81.6 Å². The molecule has 7 amide bonds. The number of benzene rings is 6. The number of anilines is 8. The van der Waals surface area contributed by atoms with Gasteiger partial charge in [-0.3, -0.25) is 28.8 Å². The highest BCUT2D eigenvalue weighted by atomic mass is 32.2. The van der Waals surface area contributed by atoms with E-state index >= 15 is 0 Å². The molecular weight excluding hydrogens is 2070 g/mol. The van der Waals surface area contributed by atoms with E-state index in [0.29, 0.717) is 97.0 Å². The number of hydrogen-bond acceptors (Lipinski definition) is 44. The molecule has 42 nitrogen and oxygen atoms in total. The Morgan fingerprint density at radius 2 is 0.538 bits per heavy atom. The molecule has 0 saturated heterocycles. The van der Waals surface area contributed by atoms with Crippen LogP contribution in [-0.2, 0) is 153 Å². The number of carbonyl (C=O) groups is 7. The number of nitrogens with two attached hydrogens (primary N) is 3. The molecule has 0 saturated carbocycles. The number of alkyl carbamates (subject to hydrolysis) is 1. The molecule has 0 atom stereocenters. The third-order valence-electron chi connectivity index (χ3n) is 18.8. The number of hydrogen-bond donors (Lipinski definition) is 10. The highest BCUT2D eigenvalue weighted by Crippen LogP contribution is 2.27. The Hall–Kier alpha value is -12.8. The van der Waals surface area contributed by atoms with Crippen LogP contribution in [0.2, 0.25) is 0 Å². The number of nitrogen functional groups attached to an aromatic ring is 2. The molecule has 6 aromatic carbocycles. The lowest BCUT2D eigenvalue weighted by molar-refractivity contribution is -0.116. The third-order valence-corrected chi connectivity index (χ3v) is 31.7. The summed E-state index contributed by atoms with van der Waals surface area (Å²) < 4.78 is 91.1. The molecule has 0 fully saturated rings. The van der Waals surface area contributed by atoms with Crippen LogP contribution in [0.1, 0.15) is 94.2 Å². The Balaban J connectivity index is 0.000000187. The van der Waals surface area contributed by atoms with Crippen LogP contribution < -0.4 is 63.9 Å². The van der Waals surface area contributed by atoms with E-state index in [1.807, 2.05) is 133 Å². The van der Waals surface area contributed by atoms with Crippen LogP contribution in [0, 0.1) is 0 Å². The van der Waals surface area contributed by atoms with Gasteiger partial charge in [-0.2, -0.15) is 11.8 Å². The Morgan fingerprint density at radius 3 is 0.783 bits per heavy atom. The second kappa shape index (κ2) is 56.9. The number of nitrogens with zero attached hydrogens (tertiary/aromatic N) is 16. The molecule has 0 aliphatic heterocycles. The lowest BCUT2D eigenvalue weighted by Gasteiger charge is -2.19. The van der Waals surface area contributed by atoms with Gasteiger partial charge in [-0.1, -0.05) is 236 Å². The number of aryl methyl sites for hydroxylation is 8. The fourth-order valence-corrected chi connectivity index (χ4v) is 23.3. The number of nitrogens with one attached hydrogen (secondary N) is 7. The Labute approximate surface area is 859 Å². The van der Waals surface area contributed by atoms with Crippen LogP contribution in [0.15, 0.2) is 170 Å². The van der Waals surface area contributed by atoms with Gasteiger partial charge in [0.05, 0.1) is 79.6 Å². The van der Waals surface area contributed by atoms with Crippen molar-refractivity contribution >= 4 is 215 Å². The molecule has 8 aromatic heterocycles. The average Bonchev–Trinajstić information content (AvgIpc) is 1.74. The molecule has 0 aliphatic rings. The van der Waals surface area contributed by atoms with Crippen molar-refractivity contribution < 1.29 is 73.0 Å². The van der Waals surface area contributed by atoms with E-state index < -0.39 is 41.2 Å². The third kappa shape index (κ3) is 43.5. The summed E-state index contributed by atoms with van der Waals surface area (Å²) in [5.41, 5.74) is 21.1. The SMILES string of the molecule is CC(C)(C)OC(=O)NCCOc1ccc(CC(=O)Nc2nnc(CCS(=O)(=O)CCc3nnc(NC(=O)Cc4ccccc4)s3)s2)cc1.NCCOc1ccc(CC(=O)Nc2nnc(CCS(=O)(=O)CCc3nnc(NC(=O)Cc4ccccc4)s3)s2)cc1.Nc1nnc(CCS(=O)(=O)CCc2nnc(NC(=O)Cc3ccccc3)s2)s1.Nc1nnc(CCSCCc2nnc(NC(=O)Cc3ccccc3)s2)s1. The highest BCUT2D eigenvalue weighted by Gasteiger charge is 2.24. The van der Waals surface area contributed by atoms with Crippen LogP contribution in [0.4, 0.5) is 45.8 Å². The van der Waals surface area contributed by atoms with Crippen molar-refractivity contribution in [2.24, 2.45) is 5.73 Å². The molecule has 0 spiro atoms. The van der Waals surface area contributed by atoms with Crippen molar-refractivity contribution in [1.82, 2.24) is 86.9 Å². The maximum Gasteiger partial charge on any atom is 0.407 e. The fraction of sp³-hybridized carbons (Fsp3) is 0.337. The van der Waals surface area contributed by atoms with Crippen molar-refractivity contribution in [2.75, 3.05) is 116 Å². The molecule has 0 radical (unpaired) electrons. The van der Waals surface area contributed by atoms with Gasteiger partial charge >= 0.3 is 6.09 Å². The van der Waals surface area contributed by atoms with Gasteiger partial charge in [0.2, 0.25) is 76.5 Å². The van der Waals surface area contributed by atoms with E-state index in [2.05, 4.69) is 119 Å². The van der Waals surface area contributed by atoms with Crippen molar-refractivity contribution in [3.8, 4) is 11.5 Å². The molecule has 54 heteroatoms. The first-order valence-corrected chi connectivity index (χ1v) is 57.2. The standard InChI is InChI=1S/C31H37N7O7S3.C26H29N7O5S3.C16H18N6O3S3.C16H18N6OS3/c1-31(2,3)45-30(41)32-15-16-44-23-11-9-22(10-12-23)20-25(40)34-29-38-36-27(47-29)14-18-48(42,43)17-13-26-35-37-28(46-26)33-24(39)19-21-7-5-4-6-8-21;27-12-13-38-20-8-6-19(7-9-20)17-22(35)29-26-33-31-24(40-26)11-15-41(36,37)14-10-23-30-32-25(39-23)28-21(34)16-18-4-2-1-3-5-18;17-15-21-19-13(26-15)6-8-28(24,25)9-7-14-20-22-16(27-14)18-12(23)10-11-4-2-1-3-5-11;17-15-21-19-13(25-15)6-8-24-9-7-14-20-22-16(26-14)18-12(23)10-11-4-2-1-3-5-11/h4-12H,13-20H2,1-3H3,(H,32,41)(H,33,37,39)(H,34,38,40);1-9H,10-17,27H2,(H,28,32,34)(H,29,33,35);1-5H,6-10H2,(H2,17,21)(H,18,22,23);1-5H,6-10H2,(H2,17,21)(H,18,22,23). The van der Waals surface area contributed by atoms with Gasteiger partial charge in [-0.05, 0) is 89.9 Å². The quantitative estimate of drug-likeness (QED) is 0.0158. The van der Waals surface area contributed by atoms with Crippen LogP contribution in [0.3, 0.4) is 0 Å². The smallest absolute Gasteiger partial charge is 0.407 e. The molecule has 14 rings (SSSR count). The zero-order valence-corrected chi connectivity index (χ0v) is 87.2. The van der Waals surface area contributed by atoms with Crippen molar-refractivity contribution in [1.29, 1.82) is 0 Å². The minimum absolute atomic E-state index is 0.0267. The van der Waals surface area contributed by atoms with Crippen molar-refractivity contribution in [3.63, 3.8) is 0 Å². The molecular formula is C89H102N26O16S12. The minimum atomic E-state index is -3.44. The normalized spacial score (nSPS) is 11.3. The predicted octanol–water partition coefficient (Wildman–Crippen LogP) is 10.2. The Kier molecular flexibility index (Phi) is 44.0. The maximum absolute atomic E-state index is 12.7. The number of carbonyl (C=O) groups excluding carboxylic acids is 7. The second-order valence-electron chi connectivity index (χ2n) is 31.6. The van der Waals surface area contributed by atoms with E-state index in [0.717, 1.165) is 113 Å². The molecule has 0 bridgehead atoms. The first kappa shape index (κ1) is 111. The summed E-state index contributed by atoms with van der Waals surface area (Å²) in [6.07, 6.45) is 3.62.